The van der Waals surface area contributed by atoms with E-state index in [1.807, 2.05) is 0 Å². The summed E-state index contributed by atoms with van der Waals surface area (Å²) in [6.45, 7) is 0. The Morgan fingerprint density at radius 3 is 1.94 bits per heavy atom. The van der Waals surface area contributed by atoms with Crippen LogP contribution in [0.5, 0.6) is 0 Å². The quantitative estimate of drug-likeness (QED) is 0.828. The molecule has 1 radical (unpaired) electrons. The SMILES string of the molecule is [NH]Nc1ccc(NS(=O)(=O)c2ccccc2)cc1. The monoisotopic (exact) mass is 262 g/mol. The minimum Gasteiger partial charge on any atom is -0.307 e. The van der Waals surface area contributed by atoms with Crippen molar-refractivity contribution in [1.82, 2.24) is 5.84 Å². The second-order valence-corrected chi connectivity index (χ2v) is 5.30. The predicted molar refractivity (Wildman–Crippen MR) is 70.4 cm³/mol. The van der Waals surface area contributed by atoms with Crippen molar-refractivity contribution in [3.05, 3.63) is 54.6 Å². The van der Waals surface area contributed by atoms with Crippen LogP contribution in [0.2, 0.25) is 0 Å². The summed E-state index contributed by atoms with van der Waals surface area (Å²) in [7, 11) is -3.55. The number of hydrogen-bond donors (Lipinski definition) is 2. The molecule has 0 bridgehead atoms. The fraction of sp³-hybridized carbons (Fsp3) is 0. The number of rotatable bonds is 4. The van der Waals surface area contributed by atoms with E-state index in [2.05, 4.69) is 10.1 Å². The smallest absolute Gasteiger partial charge is 0.261 e. The summed E-state index contributed by atoms with van der Waals surface area (Å²) < 4.78 is 26.5. The number of benzene rings is 2. The minimum atomic E-state index is -3.55. The highest BCUT2D eigenvalue weighted by molar-refractivity contribution is 7.92. The second kappa shape index (κ2) is 5.07. The Kier molecular flexibility index (Phi) is 3.50. The van der Waals surface area contributed by atoms with E-state index in [9.17, 15) is 8.42 Å². The molecule has 93 valence electrons. The number of sulfonamides is 1. The van der Waals surface area contributed by atoms with Crippen molar-refractivity contribution in [2.45, 2.75) is 4.90 Å². The third-order valence-electron chi connectivity index (χ3n) is 2.33. The lowest BCUT2D eigenvalue weighted by molar-refractivity contribution is 0.601. The van der Waals surface area contributed by atoms with E-state index >= 15 is 0 Å². The number of hydrogen-bond acceptors (Lipinski definition) is 3. The van der Waals surface area contributed by atoms with Gasteiger partial charge in [-0.15, -0.1) is 0 Å². The van der Waals surface area contributed by atoms with Gasteiger partial charge in [-0.2, -0.15) is 5.84 Å². The van der Waals surface area contributed by atoms with E-state index in [0.717, 1.165) is 0 Å². The Labute approximate surface area is 106 Å². The van der Waals surface area contributed by atoms with Crippen LogP contribution in [0.15, 0.2) is 59.5 Å². The van der Waals surface area contributed by atoms with Crippen molar-refractivity contribution in [3.8, 4) is 0 Å². The maximum Gasteiger partial charge on any atom is 0.261 e. The molecular weight excluding hydrogens is 250 g/mol. The lowest BCUT2D eigenvalue weighted by atomic mass is 10.3. The van der Waals surface area contributed by atoms with E-state index in [-0.39, 0.29) is 4.90 Å². The molecule has 0 aliphatic rings. The molecule has 0 saturated heterocycles. The summed E-state index contributed by atoms with van der Waals surface area (Å²) in [4.78, 5) is 0.215. The second-order valence-electron chi connectivity index (χ2n) is 3.62. The van der Waals surface area contributed by atoms with Crippen molar-refractivity contribution in [2.75, 3.05) is 10.1 Å². The Bertz CT molecular complexity index is 610. The Morgan fingerprint density at radius 1 is 0.833 bits per heavy atom. The molecule has 0 aromatic heterocycles. The molecule has 0 amide bonds. The van der Waals surface area contributed by atoms with Gasteiger partial charge in [-0.3, -0.25) is 4.72 Å². The molecule has 2 aromatic rings. The molecule has 0 atom stereocenters. The van der Waals surface area contributed by atoms with Crippen molar-refractivity contribution in [1.29, 1.82) is 0 Å². The van der Waals surface area contributed by atoms with Gasteiger partial charge in [-0.1, -0.05) is 18.2 Å². The number of anilines is 2. The Balaban J connectivity index is 2.22. The lowest BCUT2D eigenvalue weighted by Gasteiger charge is -2.08. The molecule has 0 heterocycles. The molecular formula is C12H12N3O2S. The van der Waals surface area contributed by atoms with Crippen LogP contribution in [0.25, 0.3) is 0 Å². The van der Waals surface area contributed by atoms with Crippen molar-refractivity contribution >= 4 is 21.4 Å². The highest BCUT2D eigenvalue weighted by Gasteiger charge is 2.12. The standard InChI is InChI=1S/C12H12N3O2S/c13-14-10-6-8-11(9-7-10)15-18(16,17)12-4-2-1-3-5-12/h1-9,13-15H. The van der Waals surface area contributed by atoms with E-state index in [1.54, 1.807) is 42.5 Å². The van der Waals surface area contributed by atoms with Gasteiger partial charge in [-0.25, -0.2) is 8.42 Å². The van der Waals surface area contributed by atoms with Crippen molar-refractivity contribution < 1.29 is 8.42 Å². The summed E-state index contributed by atoms with van der Waals surface area (Å²) in [6, 6.07) is 14.6. The fourth-order valence-electron chi connectivity index (χ4n) is 1.44. The summed E-state index contributed by atoms with van der Waals surface area (Å²) in [5, 5.41) is 0. The average molecular weight is 262 g/mol. The highest BCUT2D eigenvalue weighted by Crippen LogP contribution is 2.17. The zero-order chi connectivity index (χ0) is 13.0. The Morgan fingerprint density at radius 2 is 1.39 bits per heavy atom. The lowest BCUT2D eigenvalue weighted by Crippen LogP contribution is -2.12. The molecule has 0 fully saturated rings. The Hall–Kier alpha value is -2.05. The van der Waals surface area contributed by atoms with Crippen LogP contribution in [0.3, 0.4) is 0 Å². The van der Waals surface area contributed by atoms with Crippen LogP contribution in [0.4, 0.5) is 11.4 Å². The van der Waals surface area contributed by atoms with E-state index in [0.29, 0.717) is 11.4 Å². The molecule has 3 N–H and O–H groups in total. The van der Waals surface area contributed by atoms with Gasteiger partial charge in [0.05, 0.1) is 10.6 Å². The molecule has 0 saturated carbocycles. The van der Waals surface area contributed by atoms with Crippen LogP contribution in [0, 0.1) is 0 Å². The van der Waals surface area contributed by atoms with Gasteiger partial charge in [0, 0.05) is 5.69 Å². The molecule has 0 spiro atoms. The van der Waals surface area contributed by atoms with Gasteiger partial charge < -0.3 is 5.43 Å². The third kappa shape index (κ3) is 2.79. The normalized spacial score (nSPS) is 10.9. The van der Waals surface area contributed by atoms with Crippen molar-refractivity contribution in [3.63, 3.8) is 0 Å². The summed E-state index contributed by atoms with van der Waals surface area (Å²) >= 11 is 0. The first-order chi connectivity index (χ1) is 8.62. The van der Waals surface area contributed by atoms with Gasteiger partial charge >= 0.3 is 0 Å². The molecule has 0 aliphatic heterocycles. The molecule has 0 unspecified atom stereocenters. The summed E-state index contributed by atoms with van der Waals surface area (Å²) in [5.41, 5.74) is 3.27. The first kappa shape index (κ1) is 12.4. The van der Waals surface area contributed by atoms with E-state index in [4.69, 9.17) is 5.84 Å². The van der Waals surface area contributed by atoms with E-state index in [1.165, 1.54) is 12.1 Å². The molecule has 6 heteroatoms. The van der Waals surface area contributed by atoms with Gasteiger partial charge in [0.25, 0.3) is 10.0 Å². The van der Waals surface area contributed by atoms with E-state index < -0.39 is 10.0 Å². The van der Waals surface area contributed by atoms with Crippen LogP contribution in [-0.4, -0.2) is 8.42 Å². The highest BCUT2D eigenvalue weighted by atomic mass is 32.2. The molecule has 0 aliphatic carbocycles. The van der Waals surface area contributed by atoms with Gasteiger partial charge in [0.1, 0.15) is 0 Å². The molecule has 2 rings (SSSR count). The molecule has 18 heavy (non-hydrogen) atoms. The van der Waals surface area contributed by atoms with Gasteiger partial charge in [0.15, 0.2) is 0 Å². The zero-order valence-corrected chi connectivity index (χ0v) is 10.2. The fourth-order valence-corrected chi connectivity index (χ4v) is 2.52. The first-order valence-electron chi connectivity index (χ1n) is 5.22. The van der Waals surface area contributed by atoms with Crippen LogP contribution in [-0.2, 0) is 10.0 Å². The molecule has 2 aromatic carbocycles. The largest absolute Gasteiger partial charge is 0.307 e. The maximum absolute atomic E-state index is 12.0. The minimum absolute atomic E-state index is 0.215. The predicted octanol–water partition coefficient (Wildman–Crippen LogP) is 2.10. The van der Waals surface area contributed by atoms with Crippen LogP contribution < -0.4 is 16.0 Å². The maximum atomic E-state index is 12.0. The first-order valence-corrected chi connectivity index (χ1v) is 6.71. The van der Waals surface area contributed by atoms with Gasteiger partial charge in [0.2, 0.25) is 0 Å². The van der Waals surface area contributed by atoms with Crippen LogP contribution >= 0.6 is 0 Å². The van der Waals surface area contributed by atoms with Crippen LogP contribution in [0.1, 0.15) is 0 Å². The molecule has 5 nitrogen and oxygen atoms in total. The third-order valence-corrected chi connectivity index (χ3v) is 3.73. The number of nitrogens with one attached hydrogen (secondary N) is 3. The zero-order valence-electron chi connectivity index (χ0n) is 9.42. The van der Waals surface area contributed by atoms with Gasteiger partial charge in [-0.05, 0) is 36.4 Å². The average Bonchev–Trinajstić information content (AvgIpc) is 2.40. The summed E-state index contributed by atoms with van der Waals surface area (Å²) in [5.74, 6) is 6.94. The summed E-state index contributed by atoms with van der Waals surface area (Å²) in [6.07, 6.45) is 0. The van der Waals surface area contributed by atoms with Crippen molar-refractivity contribution in [2.24, 2.45) is 0 Å². The topological polar surface area (TPSA) is 82.0 Å².